The van der Waals surface area contributed by atoms with Gasteiger partial charge in [-0.05, 0) is 42.0 Å². The van der Waals surface area contributed by atoms with Crippen molar-refractivity contribution < 1.29 is 4.79 Å². The lowest BCUT2D eigenvalue weighted by atomic mass is 10.1. The predicted molar refractivity (Wildman–Crippen MR) is 118 cm³/mol. The minimum absolute atomic E-state index is 0.0977. The Morgan fingerprint density at radius 2 is 1.50 bits per heavy atom. The maximum absolute atomic E-state index is 12.9. The SMILES string of the molecule is O=C(c1ccc(Cn2nnc3ccccc32)cc1)N1CCN(c2ccccc2)CC1. The number of hydrogen-bond acceptors (Lipinski definition) is 4. The van der Waals surface area contributed by atoms with E-state index in [2.05, 4.69) is 39.5 Å². The van der Waals surface area contributed by atoms with Crippen LogP contribution < -0.4 is 4.90 Å². The molecule has 2 heterocycles. The fourth-order valence-electron chi connectivity index (χ4n) is 3.95. The molecule has 1 amide bonds. The normalized spacial score (nSPS) is 14.3. The molecular formula is C24H23N5O. The first-order chi connectivity index (χ1) is 14.8. The molecule has 3 aromatic carbocycles. The van der Waals surface area contributed by atoms with Crippen molar-refractivity contribution in [2.45, 2.75) is 6.54 Å². The fraction of sp³-hybridized carbons (Fsp3) is 0.208. The average Bonchev–Trinajstić information content (AvgIpc) is 3.23. The van der Waals surface area contributed by atoms with Crippen LogP contribution in [-0.2, 0) is 6.54 Å². The molecule has 1 fully saturated rings. The van der Waals surface area contributed by atoms with Crippen LogP contribution in [0.1, 0.15) is 15.9 Å². The number of hydrogen-bond donors (Lipinski definition) is 0. The lowest BCUT2D eigenvalue weighted by Crippen LogP contribution is -2.48. The third-order valence-electron chi connectivity index (χ3n) is 5.64. The molecule has 4 aromatic rings. The second-order valence-electron chi connectivity index (χ2n) is 7.55. The zero-order chi connectivity index (χ0) is 20.3. The number of carbonyl (C=O) groups is 1. The van der Waals surface area contributed by atoms with Gasteiger partial charge in [-0.1, -0.05) is 47.7 Å². The third-order valence-corrected chi connectivity index (χ3v) is 5.64. The number of piperazine rings is 1. The van der Waals surface area contributed by atoms with E-state index in [-0.39, 0.29) is 5.91 Å². The average molecular weight is 397 g/mol. The summed E-state index contributed by atoms with van der Waals surface area (Å²) in [6.07, 6.45) is 0. The standard InChI is InChI=1S/C24H23N5O/c30-24(28-16-14-27(15-17-28)21-6-2-1-3-7-21)20-12-10-19(11-13-20)18-29-23-9-5-4-8-22(23)25-26-29/h1-13H,14-18H2. The lowest BCUT2D eigenvalue weighted by Gasteiger charge is -2.36. The third kappa shape index (κ3) is 3.64. The highest BCUT2D eigenvalue weighted by atomic mass is 16.2. The molecular weight excluding hydrogens is 374 g/mol. The molecule has 30 heavy (non-hydrogen) atoms. The van der Waals surface area contributed by atoms with Gasteiger partial charge >= 0.3 is 0 Å². The topological polar surface area (TPSA) is 54.3 Å². The van der Waals surface area contributed by atoms with Crippen LogP contribution in [0.15, 0.2) is 78.9 Å². The number of nitrogens with zero attached hydrogens (tertiary/aromatic N) is 5. The molecule has 1 aromatic heterocycles. The fourth-order valence-corrected chi connectivity index (χ4v) is 3.95. The Kier molecular flexibility index (Phi) is 4.89. The Hall–Kier alpha value is -3.67. The molecule has 0 saturated carbocycles. The van der Waals surface area contributed by atoms with Crippen molar-refractivity contribution in [3.8, 4) is 0 Å². The van der Waals surface area contributed by atoms with Crippen molar-refractivity contribution in [2.75, 3.05) is 31.1 Å². The van der Waals surface area contributed by atoms with Gasteiger partial charge in [-0.25, -0.2) is 4.68 Å². The van der Waals surface area contributed by atoms with Crippen LogP contribution in [0.25, 0.3) is 11.0 Å². The highest BCUT2D eigenvalue weighted by Gasteiger charge is 2.22. The number of rotatable bonds is 4. The largest absolute Gasteiger partial charge is 0.368 e. The van der Waals surface area contributed by atoms with E-state index >= 15 is 0 Å². The van der Waals surface area contributed by atoms with Gasteiger partial charge in [0.05, 0.1) is 12.1 Å². The van der Waals surface area contributed by atoms with Gasteiger partial charge in [0.15, 0.2) is 0 Å². The van der Waals surface area contributed by atoms with Crippen molar-refractivity contribution in [1.82, 2.24) is 19.9 Å². The number of fused-ring (bicyclic) bond motifs is 1. The number of para-hydroxylation sites is 2. The van der Waals surface area contributed by atoms with Crippen LogP contribution in [0.5, 0.6) is 0 Å². The van der Waals surface area contributed by atoms with E-state index in [1.807, 2.05) is 64.2 Å². The first-order valence-corrected chi connectivity index (χ1v) is 10.2. The molecule has 0 radical (unpaired) electrons. The zero-order valence-corrected chi connectivity index (χ0v) is 16.7. The van der Waals surface area contributed by atoms with Crippen molar-refractivity contribution in [3.63, 3.8) is 0 Å². The summed E-state index contributed by atoms with van der Waals surface area (Å²) in [4.78, 5) is 17.2. The maximum atomic E-state index is 12.9. The number of amides is 1. The molecule has 0 atom stereocenters. The van der Waals surface area contributed by atoms with Crippen LogP contribution in [0, 0.1) is 0 Å². The molecule has 1 aliphatic rings. The Balaban J connectivity index is 1.23. The molecule has 0 bridgehead atoms. The number of carbonyl (C=O) groups excluding carboxylic acids is 1. The molecule has 1 saturated heterocycles. The summed E-state index contributed by atoms with van der Waals surface area (Å²) in [7, 11) is 0. The van der Waals surface area contributed by atoms with E-state index < -0.39 is 0 Å². The summed E-state index contributed by atoms with van der Waals surface area (Å²) < 4.78 is 1.88. The number of aromatic nitrogens is 3. The number of anilines is 1. The van der Waals surface area contributed by atoms with Crippen molar-refractivity contribution in [2.24, 2.45) is 0 Å². The minimum Gasteiger partial charge on any atom is -0.368 e. The molecule has 1 aliphatic heterocycles. The van der Waals surface area contributed by atoms with Crippen LogP contribution >= 0.6 is 0 Å². The Labute approximate surface area is 175 Å². The molecule has 5 rings (SSSR count). The predicted octanol–water partition coefficient (Wildman–Crippen LogP) is 3.44. The summed E-state index contributed by atoms with van der Waals surface area (Å²) in [6, 6.07) is 26.1. The summed E-state index contributed by atoms with van der Waals surface area (Å²) in [5, 5.41) is 8.44. The van der Waals surface area contributed by atoms with Gasteiger partial charge in [0, 0.05) is 37.4 Å². The quantitative estimate of drug-likeness (QED) is 0.529. The Morgan fingerprint density at radius 1 is 0.800 bits per heavy atom. The number of benzene rings is 3. The Morgan fingerprint density at radius 3 is 2.27 bits per heavy atom. The highest BCUT2D eigenvalue weighted by Crippen LogP contribution is 2.18. The van der Waals surface area contributed by atoms with Crippen molar-refractivity contribution in [3.05, 3.63) is 90.0 Å². The molecule has 0 unspecified atom stereocenters. The summed E-state index contributed by atoms with van der Waals surface area (Å²) in [5.41, 5.74) is 4.94. The minimum atomic E-state index is 0.0977. The van der Waals surface area contributed by atoms with E-state index in [1.165, 1.54) is 5.69 Å². The summed E-state index contributed by atoms with van der Waals surface area (Å²) in [6.45, 7) is 3.81. The second-order valence-corrected chi connectivity index (χ2v) is 7.55. The van der Waals surface area contributed by atoms with Gasteiger partial charge in [-0.2, -0.15) is 0 Å². The molecule has 6 heteroatoms. The lowest BCUT2D eigenvalue weighted by molar-refractivity contribution is 0.0747. The smallest absolute Gasteiger partial charge is 0.253 e. The van der Waals surface area contributed by atoms with Gasteiger partial charge in [-0.3, -0.25) is 4.79 Å². The van der Waals surface area contributed by atoms with Gasteiger partial charge in [-0.15, -0.1) is 5.10 Å². The maximum Gasteiger partial charge on any atom is 0.253 e. The van der Waals surface area contributed by atoms with Crippen molar-refractivity contribution in [1.29, 1.82) is 0 Å². The molecule has 0 spiro atoms. The Bertz CT molecular complexity index is 1150. The second kappa shape index (κ2) is 7.99. The van der Waals surface area contributed by atoms with Crippen molar-refractivity contribution >= 4 is 22.6 Å². The molecule has 6 nitrogen and oxygen atoms in total. The first-order valence-electron chi connectivity index (χ1n) is 10.2. The molecule has 0 aliphatic carbocycles. The zero-order valence-electron chi connectivity index (χ0n) is 16.7. The summed E-state index contributed by atoms with van der Waals surface area (Å²) in [5.74, 6) is 0.0977. The van der Waals surface area contributed by atoms with Crippen LogP contribution in [0.4, 0.5) is 5.69 Å². The van der Waals surface area contributed by atoms with Crippen LogP contribution in [0.3, 0.4) is 0 Å². The first kappa shape index (κ1) is 18.4. The van der Waals surface area contributed by atoms with E-state index in [0.29, 0.717) is 6.54 Å². The van der Waals surface area contributed by atoms with Gasteiger partial charge in [0.25, 0.3) is 5.91 Å². The van der Waals surface area contributed by atoms with Gasteiger partial charge in [0.1, 0.15) is 5.52 Å². The van der Waals surface area contributed by atoms with Crippen LogP contribution in [-0.4, -0.2) is 52.0 Å². The van der Waals surface area contributed by atoms with Gasteiger partial charge in [0.2, 0.25) is 0 Å². The molecule has 0 N–H and O–H groups in total. The van der Waals surface area contributed by atoms with Crippen LogP contribution in [0.2, 0.25) is 0 Å². The van der Waals surface area contributed by atoms with E-state index in [4.69, 9.17) is 0 Å². The monoisotopic (exact) mass is 397 g/mol. The van der Waals surface area contributed by atoms with Gasteiger partial charge < -0.3 is 9.80 Å². The van der Waals surface area contributed by atoms with E-state index in [9.17, 15) is 4.79 Å². The summed E-state index contributed by atoms with van der Waals surface area (Å²) >= 11 is 0. The van der Waals surface area contributed by atoms with E-state index in [0.717, 1.165) is 48.3 Å². The highest BCUT2D eigenvalue weighted by molar-refractivity contribution is 5.94. The molecule has 150 valence electrons. The van der Waals surface area contributed by atoms with E-state index in [1.54, 1.807) is 0 Å².